The first kappa shape index (κ1) is 15.9. The predicted molar refractivity (Wildman–Crippen MR) is 90.5 cm³/mol. The molecule has 22 heavy (non-hydrogen) atoms. The molecule has 5 nitrogen and oxygen atoms in total. The second-order valence-corrected chi connectivity index (χ2v) is 7.61. The third-order valence-corrected chi connectivity index (χ3v) is 5.74. The van der Waals surface area contributed by atoms with Gasteiger partial charge in [-0.15, -0.1) is 0 Å². The third-order valence-electron chi connectivity index (χ3n) is 3.62. The Hall–Kier alpha value is -1.02. The minimum Gasteiger partial charge on any atom is -0.299 e. The molecule has 2 heterocycles. The summed E-state index contributed by atoms with van der Waals surface area (Å²) in [6.07, 6.45) is 5.26. The van der Waals surface area contributed by atoms with E-state index in [1.807, 2.05) is 12.1 Å². The van der Waals surface area contributed by atoms with Gasteiger partial charge in [-0.1, -0.05) is 24.1 Å². The molecule has 0 aliphatic carbocycles. The molecule has 2 aromatic rings. The molecule has 1 aliphatic rings. The Bertz CT molecular complexity index is 644. The molecular formula is C14H17ClN4OS2. The fourth-order valence-electron chi connectivity index (χ4n) is 2.49. The fraction of sp³-hybridized carbons (Fsp3) is 0.429. The highest BCUT2D eigenvalue weighted by Crippen LogP contribution is 2.23. The van der Waals surface area contributed by atoms with E-state index in [0.717, 1.165) is 25.2 Å². The van der Waals surface area contributed by atoms with Crippen molar-refractivity contribution in [2.75, 3.05) is 17.8 Å². The van der Waals surface area contributed by atoms with Crippen LogP contribution in [-0.2, 0) is 17.5 Å². The van der Waals surface area contributed by atoms with Crippen LogP contribution in [0.25, 0.3) is 0 Å². The van der Waals surface area contributed by atoms with Crippen LogP contribution in [0.2, 0.25) is 5.02 Å². The van der Waals surface area contributed by atoms with Crippen LogP contribution < -0.4 is 4.72 Å². The zero-order chi connectivity index (χ0) is 15.4. The summed E-state index contributed by atoms with van der Waals surface area (Å²) >= 11 is 7.53. The Morgan fingerprint density at radius 3 is 2.82 bits per heavy atom. The van der Waals surface area contributed by atoms with Gasteiger partial charge in [-0.3, -0.25) is 9.62 Å². The average molecular weight is 357 g/mol. The number of aromatic nitrogens is 2. The van der Waals surface area contributed by atoms with Gasteiger partial charge in [-0.25, -0.2) is 9.19 Å². The van der Waals surface area contributed by atoms with Crippen molar-refractivity contribution in [1.82, 2.24) is 14.3 Å². The number of hydrogen-bond donors (Lipinski definition) is 1. The Kier molecular flexibility index (Phi) is 5.41. The van der Waals surface area contributed by atoms with Gasteiger partial charge in [0, 0.05) is 23.1 Å². The van der Waals surface area contributed by atoms with Crippen molar-refractivity contribution in [3.05, 3.63) is 35.1 Å². The summed E-state index contributed by atoms with van der Waals surface area (Å²) in [5.41, 5.74) is 1.08. The topological polar surface area (TPSA) is 58.1 Å². The lowest BCUT2D eigenvalue weighted by molar-refractivity contribution is 0.221. The van der Waals surface area contributed by atoms with Gasteiger partial charge in [0.2, 0.25) is 5.13 Å². The molecule has 0 bridgehead atoms. The van der Waals surface area contributed by atoms with Gasteiger partial charge >= 0.3 is 0 Å². The molecule has 1 fully saturated rings. The lowest BCUT2D eigenvalue weighted by Gasteiger charge is -2.26. The second kappa shape index (κ2) is 7.50. The van der Waals surface area contributed by atoms with Gasteiger partial charge in [-0.05, 0) is 43.6 Å². The minimum absolute atomic E-state index is 0.534. The van der Waals surface area contributed by atoms with E-state index in [9.17, 15) is 4.21 Å². The molecule has 0 spiro atoms. The first-order valence-electron chi connectivity index (χ1n) is 7.18. The number of anilines is 1. The van der Waals surface area contributed by atoms with Crippen molar-refractivity contribution in [1.29, 1.82) is 0 Å². The summed E-state index contributed by atoms with van der Waals surface area (Å²) in [7, 11) is -1.38. The average Bonchev–Trinajstić information content (AvgIpc) is 3.03. The van der Waals surface area contributed by atoms with E-state index in [0.29, 0.717) is 15.0 Å². The van der Waals surface area contributed by atoms with Crippen LogP contribution in [0.1, 0.15) is 24.8 Å². The Balaban J connectivity index is 1.67. The van der Waals surface area contributed by atoms with Gasteiger partial charge in [0.1, 0.15) is 6.33 Å². The quantitative estimate of drug-likeness (QED) is 0.892. The molecule has 8 heteroatoms. The van der Waals surface area contributed by atoms with Crippen LogP contribution in [0.5, 0.6) is 0 Å². The molecule has 1 aromatic carbocycles. The molecule has 118 valence electrons. The summed E-state index contributed by atoms with van der Waals surface area (Å²) in [5.74, 6) is 0. The number of halogens is 1. The van der Waals surface area contributed by atoms with E-state index in [2.05, 4.69) is 19.0 Å². The standard InChI is InChI=1S/C14H17ClN4OS2/c15-13-8-12(22(20)18-14-16-10-17-21-14)5-4-11(13)9-19-6-2-1-3-7-19/h4-5,8,10H,1-3,6-7,9H2,(H,16,17,18). The van der Waals surface area contributed by atoms with E-state index in [1.54, 1.807) is 6.07 Å². The SMILES string of the molecule is O=S(Nc1ncns1)c1ccc(CN2CCCCC2)c(Cl)c1. The van der Waals surface area contributed by atoms with Crippen molar-refractivity contribution < 1.29 is 4.21 Å². The molecule has 1 N–H and O–H groups in total. The van der Waals surface area contributed by atoms with Crippen LogP contribution in [0.15, 0.2) is 29.4 Å². The molecule has 0 amide bonds. The number of likely N-dealkylation sites (tertiary alicyclic amines) is 1. The van der Waals surface area contributed by atoms with Gasteiger partial charge < -0.3 is 0 Å². The highest BCUT2D eigenvalue weighted by atomic mass is 35.5. The Labute approximate surface area is 141 Å². The van der Waals surface area contributed by atoms with E-state index in [-0.39, 0.29) is 0 Å². The lowest BCUT2D eigenvalue weighted by atomic mass is 10.1. The molecule has 0 saturated carbocycles. The summed E-state index contributed by atoms with van der Waals surface area (Å²) in [6, 6.07) is 5.59. The summed E-state index contributed by atoms with van der Waals surface area (Å²) < 4.78 is 18.9. The summed E-state index contributed by atoms with van der Waals surface area (Å²) in [4.78, 5) is 7.02. The lowest BCUT2D eigenvalue weighted by Crippen LogP contribution is -2.29. The normalized spacial score (nSPS) is 17.3. The first-order chi connectivity index (χ1) is 10.7. The summed E-state index contributed by atoms with van der Waals surface area (Å²) in [6.45, 7) is 3.11. The predicted octanol–water partition coefficient (Wildman–Crippen LogP) is 3.31. The highest BCUT2D eigenvalue weighted by molar-refractivity contribution is 7.86. The first-order valence-corrected chi connectivity index (χ1v) is 9.48. The van der Waals surface area contributed by atoms with Crippen molar-refractivity contribution >= 4 is 39.3 Å². The van der Waals surface area contributed by atoms with Gasteiger partial charge in [-0.2, -0.15) is 4.37 Å². The van der Waals surface area contributed by atoms with E-state index in [4.69, 9.17) is 11.6 Å². The number of benzene rings is 1. The third kappa shape index (κ3) is 4.04. The smallest absolute Gasteiger partial charge is 0.214 e. The molecule has 1 aromatic heterocycles. The molecular weight excluding hydrogens is 340 g/mol. The number of hydrogen-bond acceptors (Lipinski definition) is 5. The number of rotatable bonds is 5. The van der Waals surface area contributed by atoms with E-state index in [1.165, 1.54) is 37.1 Å². The van der Waals surface area contributed by atoms with Crippen LogP contribution in [0.3, 0.4) is 0 Å². The van der Waals surface area contributed by atoms with Gasteiger partial charge in [0.15, 0.2) is 11.0 Å². The number of nitrogens with one attached hydrogen (secondary N) is 1. The number of piperidine rings is 1. The monoisotopic (exact) mass is 356 g/mol. The van der Waals surface area contributed by atoms with E-state index >= 15 is 0 Å². The molecule has 1 saturated heterocycles. The van der Waals surface area contributed by atoms with Crippen molar-refractivity contribution in [3.63, 3.8) is 0 Å². The maximum atomic E-state index is 12.2. The Morgan fingerprint density at radius 2 is 2.14 bits per heavy atom. The maximum absolute atomic E-state index is 12.2. The minimum atomic E-state index is -1.38. The second-order valence-electron chi connectivity index (χ2n) is 5.21. The van der Waals surface area contributed by atoms with Crippen molar-refractivity contribution in [2.24, 2.45) is 0 Å². The van der Waals surface area contributed by atoms with Gasteiger partial charge in [0.25, 0.3) is 0 Å². The van der Waals surface area contributed by atoms with Gasteiger partial charge in [0.05, 0.1) is 4.90 Å². The largest absolute Gasteiger partial charge is 0.299 e. The summed E-state index contributed by atoms with van der Waals surface area (Å²) in [5, 5.41) is 1.20. The Morgan fingerprint density at radius 1 is 1.32 bits per heavy atom. The maximum Gasteiger partial charge on any atom is 0.214 e. The molecule has 1 atom stereocenters. The zero-order valence-corrected chi connectivity index (χ0v) is 14.4. The van der Waals surface area contributed by atoms with E-state index < -0.39 is 11.0 Å². The van der Waals surface area contributed by atoms with Crippen molar-refractivity contribution in [2.45, 2.75) is 30.7 Å². The van der Waals surface area contributed by atoms with Crippen LogP contribution in [0.4, 0.5) is 5.13 Å². The number of nitrogens with zero attached hydrogens (tertiary/aromatic N) is 3. The molecule has 1 aliphatic heterocycles. The highest BCUT2D eigenvalue weighted by Gasteiger charge is 2.14. The fourth-order valence-corrected chi connectivity index (χ4v) is 4.20. The molecule has 1 unspecified atom stereocenters. The van der Waals surface area contributed by atoms with Crippen LogP contribution in [0, 0.1) is 0 Å². The molecule has 3 rings (SSSR count). The van der Waals surface area contributed by atoms with Crippen LogP contribution >= 0.6 is 23.1 Å². The van der Waals surface area contributed by atoms with Crippen molar-refractivity contribution in [3.8, 4) is 0 Å². The van der Waals surface area contributed by atoms with Crippen LogP contribution in [-0.4, -0.2) is 31.6 Å². The molecule has 0 radical (unpaired) electrons. The zero-order valence-electron chi connectivity index (χ0n) is 12.0.